The van der Waals surface area contributed by atoms with E-state index in [0.717, 1.165) is 31.7 Å². The largest absolute Gasteiger partial charge is 0.468 e. The van der Waals surface area contributed by atoms with Crippen molar-refractivity contribution in [3.63, 3.8) is 0 Å². The molecule has 8 heteroatoms. The van der Waals surface area contributed by atoms with Gasteiger partial charge in [0.1, 0.15) is 5.76 Å². The Morgan fingerprint density at radius 3 is 2.72 bits per heavy atom. The van der Waals surface area contributed by atoms with Crippen LogP contribution in [-0.4, -0.2) is 35.4 Å². The SMILES string of the molecule is O=C(NCC(c1ccco1)N1CCCC1)c1ccc([N+](=O)[O-])cc1Cl. The molecule has 1 aliphatic rings. The van der Waals surface area contributed by atoms with Crippen molar-refractivity contribution in [2.75, 3.05) is 19.6 Å². The second kappa shape index (κ2) is 7.67. The van der Waals surface area contributed by atoms with Crippen LogP contribution in [-0.2, 0) is 0 Å². The van der Waals surface area contributed by atoms with Crippen LogP contribution >= 0.6 is 11.6 Å². The third kappa shape index (κ3) is 4.00. The number of nitrogens with one attached hydrogen (secondary N) is 1. The van der Waals surface area contributed by atoms with Gasteiger partial charge in [-0.1, -0.05) is 11.6 Å². The molecule has 132 valence electrons. The molecular weight excluding hydrogens is 346 g/mol. The van der Waals surface area contributed by atoms with Gasteiger partial charge in [-0.2, -0.15) is 0 Å². The number of nitro benzene ring substituents is 1. The normalized spacial score (nSPS) is 15.9. The molecule has 25 heavy (non-hydrogen) atoms. The lowest BCUT2D eigenvalue weighted by Crippen LogP contribution is -2.36. The minimum Gasteiger partial charge on any atom is -0.468 e. The molecule has 1 aromatic heterocycles. The number of furan rings is 1. The molecule has 0 bridgehead atoms. The number of halogens is 1. The Morgan fingerprint density at radius 2 is 2.12 bits per heavy atom. The van der Waals surface area contributed by atoms with E-state index in [0.29, 0.717) is 6.54 Å². The van der Waals surface area contributed by atoms with Gasteiger partial charge in [0.2, 0.25) is 0 Å². The van der Waals surface area contributed by atoms with Crippen molar-refractivity contribution in [1.29, 1.82) is 0 Å². The van der Waals surface area contributed by atoms with Crippen molar-refractivity contribution in [3.05, 3.63) is 63.1 Å². The van der Waals surface area contributed by atoms with E-state index >= 15 is 0 Å². The zero-order chi connectivity index (χ0) is 17.8. The number of carbonyl (C=O) groups is 1. The van der Waals surface area contributed by atoms with Crippen LogP contribution in [0.5, 0.6) is 0 Å². The van der Waals surface area contributed by atoms with Gasteiger partial charge in [-0.15, -0.1) is 0 Å². The molecule has 0 saturated carbocycles. The Morgan fingerprint density at radius 1 is 1.36 bits per heavy atom. The molecular formula is C17H18ClN3O4. The van der Waals surface area contributed by atoms with Crippen LogP contribution < -0.4 is 5.32 Å². The quantitative estimate of drug-likeness (QED) is 0.627. The van der Waals surface area contributed by atoms with Crippen molar-refractivity contribution in [2.24, 2.45) is 0 Å². The fourth-order valence-electron chi connectivity index (χ4n) is 3.03. The van der Waals surface area contributed by atoms with Crippen LogP contribution in [0.15, 0.2) is 41.0 Å². The minimum atomic E-state index is -0.548. The number of non-ortho nitro benzene ring substituents is 1. The van der Waals surface area contributed by atoms with E-state index < -0.39 is 4.92 Å². The fraction of sp³-hybridized carbons (Fsp3) is 0.353. The van der Waals surface area contributed by atoms with Gasteiger partial charge in [0.25, 0.3) is 11.6 Å². The summed E-state index contributed by atoms with van der Waals surface area (Å²) in [6.45, 7) is 2.29. The first-order valence-electron chi connectivity index (χ1n) is 8.06. The molecule has 1 N–H and O–H groups in total. The molecule has 0 radical (unpaired) electrons. The molecule has 0 aliphatic carbocycles. The van der Waals surface area contributed by atoms with E-state index in [2.05, 4.69) is 10.2 Å². The highest BCUT2D eigenvalue weighted by atomic mass is 35.5. The molecule has 7 nitrogen and oxygen atoms in total. The summed E-state index contributed by atoms with van der Waals surface area (Å²) in [7, 11) is 0. The number of nitro groups is 1. The van der Waals surface area contributed by atoms with Gasteiger partial charge in [0.05, 0.1) is 27.8 Å². The lowest BCUT2D eigenvalue weighted by Gasteiger charge is -2.26. The first-order valence-corrected chi connectivity index (χ1v) is 8.43. The average Bonchev–Trinajstić information content (AvgIpc) is 3.28. The number of likely N-dealkylation sites (tertiary alicyclic amines) is 1. The first kappa shape index (κ1) is 17.4. The topological polar surface area (TPSA) is 88.6 Å². The van der Waals surface area contributed by atoms with Crippen molar-refractivity contribution in [3.8, 4) is 0 Å². The van der Waals surface area contributed by atoms with Gasteiger partial charge in [-0.25, -0.2) is 0 Å². The van der Waals surface area contributed by atoms with E-state index in [9.17, 15) is 14.9 Å². The average molecular weight is 364 g/mol. The summed E-state index contributed by atoms with van der Waals surface area (Å²) in [5.74, 6) is 0.438. The van der Waals surface area contributed by atoms with Crippen LogP contribution in [0.4, 0.5) is 5.69 Å². The second-order valence-corrected chi connectivity index (χ2v) is 6.31. The smallest absolute Gasteiger partial charge is 0.270 e. The standard InChI is InChI=1S/C17H18ClN3O4/c18-14-10-12(21(23)24)5-6-13(14)17(22)19-11-15(16-4-3-9-25-16)20-7-1-2-8-20/h3-6,9-10,15H,1-2,7-8,11H2,(H,19,22). The van der Waals surface area contributed by atoms with E-state index in [1.54, 1.807) is 6.26 Å². The third-order valence-electron chi connectivity index (χ3n) is 4.32. The molecule has 1 amide bonds. The first-order chi connectivity index (χ1) is 12.1. The van der Waals surface area contributed by atoms with E-state index in [1.807, 2.05) is 12.1 Å². The van der Waals surface area contributed by atoms with Crippen molar-refractivity contribution in [2.45, 2.75) is 18.9 Å². The number of hydrogen-bond acceptors (Lipinski definition) is 5. The Labute approximate surface area is 149 Å². The molecule has 3 rings (SSSR count). The van der Waals surface area contributed by atoms with Gasteiger partial charge in [0.15, 0.2) is 0 Å². The third-order valence-corrected chi connectivity index (χ3v) is 4.63. The van der Waals surface area contributed by atoms with Crippen LogP contribution in [0.1, 0.15) is 35.0 Å². The van der Waals surface area contributed by atoms with Crippen molar-refractivity contribution < 1.29 is 14.1 Å². The molecule has 1 unspecified atom stereocenters. The van der Waals surface area contributed by atoms with E-state index in [4.69, 9.17) is 16.0 Å². The maximum atomic E-state index is 12.4. The minimum absolute atomic E-state index is 0.0433. The summed E-state index contributed by atoms with van der Waals surface area (Å²) in [6, 6.07) is 7.50. The molecule has 1 saturated heterocycles. The second-order valence-electron chi connectivity index (χ2n) is 5.91. The fourth-order valence-corrected chi connectivity index (χ4v) is 3.29. The van der Waals surface area contributed by atoms with E-state index in [-0.39, 0.29) is 28.2 Å². The summed E-state index contributed by atoms with van der Waals surface area (Å²) >= 11 is 6.02. The molecule has 2 aromatic rings. The summed E-state index contributed by atoms with van der Waals surface area (Å²) in [6.07, 6.45) is 3.87. The Bertz CT molecular complexity index is 757. The number of nitrogens with zero attached hydrogens (tertiary/aromatic N) is 2. The highest BCUT2D eigenvalue weighted by Crippen LogP contribution is 2.26. The number of amides is 1. The van der Waals surface area contributed by atoms with Gasteiger partial charge in [-0.05, 0) is 44.1 Å². The van der Waals surface area contributed by atoms with Crippen LogP contribution in [0.25, 0.3) is 0 Å². The molecule has 1 fully saturated rings. The van der Waals surface area contributed by atoms with Crippen LogP contribution in [0.3, 0.4) is 0 Å². The highest BCUT2D eigenvalue weighted by molar-refractivity contribution is 6.34. The number of hydrogen-bond donors (Lipinski definition) is 1. The molecule has 1 aliphatic heterocycles. The van der Waals surface area contributed by atoms with Gasteiger partial charge >= 0.3 is 0 Å². The maximum Gasteiger partial charge on any atom is 0.270 e. The number of carbonyl (C=O) groups excluding carboxylic acids is 1. The number of benzene rings is 1. The molecule has 1 atom stereocenters. The summed E-state index contributed by atoms with van der Waals surface area (Å²) in [5.41, 5.74) is 0.0685. The van der Waals surface area contributed by atoms with E-state index in [1.165, 1.54) is 18.2 Å². The zero-order valence-corrected chi connectivity index (χ0v) is 14.2. The van der Waals surface area contributed by atoms with Gasteiger partial charge in [-0.3, -0.25) is 19.8 Å². The summed E-state index contributed by atoms with van der Waals surface area (Å²) in [5, 5.41) is 13.7. The van der Waals surface area contributed by atoms with Crippen LogP contribution in [0, 0.1) is 10.1 Å². The van der Waals surface area contributed by atoms with Crippen LogP contribution in [0.2, 0.25) is 5.02 Å². The Hall–Kier alpha value is -2.38. The molecule has 2 heterocycles. The van der Waals surface area contributed by atoms with Gasteiger partial charge in [0, 0.05) is 18.7 Å². The highest BCUT2D eigenvalue weighted by Gasteiger charge is 2.26. The lowest BCUT2D eigenvalue weighted by atomic mass is 10.1. The predicted octanol–water partition coefficient (Wildman–Crippen LogP) is 3.41. The summed E-state index contributed by atoms with van der Waals surface area (Å²) < 4.78 is 5.52. The Balaban J connectivity index is 1.70. The Kier molecular flexibility index (Phi) is 5.35. The monoisotopic (exact) mass is 363 g/mol. The molecule has 0 spiro atoms. The van der Waals surface area contributed by atoms with Crippen molar-refractivity contribution in [1.82, 2.24) is 10.2 Å². The zero-order valence-electron chi connectivity index (χ0n) is 13.5. The lowest BCUT2D eigenvalue weighted by molar-refractivity contribution is -0.384. The van der Waals surface area contributed by atoms with Crippen molar-refractivity contribution >= 4 is 23.2 Å². The maximum absolute atomic E-state index is 12.4. The predicted molar refractivity (Wildman–Crippen MR) is 92.7 cm³/mol. The molecule has 1 aromatic carbocycles. The summed E-state index contributed by atoms with van der Waals surface area (Å²) in [4.78, 5) is 24.9. The van der Waals surface area contributed by atoms with Gasteiger partial charge < -0.3 is 9.73 Å². The number of rotatable bonds is 6.